The van der Waals surface area contributed by atoms with Crippen molar-refractivity contribution in [2.45, 2.75) is 78.4 Å². The summed E-state index contributed by atoms with van der Waals surface area (Å²) in [7, 11) is -3.83. The summed E-state index contributed by atoms with van der Waals surface area (Å²) >= 11 is 12.8. The zero-order chi connectivity index (χ0) is 29.1. The molecule has 0 aromatic heterocycles. The van der Waals surface area contributed by atoms with Crippen LogP contribution in [-0.2, 0) is 31.6 Å². The van der Waals surface area contributed by atoms with Gasteiger partial charge in [-0.25, -0.2) is 8.42 Å². The average Bonchev–Trinajstić information content (AvgIpc) is 2.76. The van der Waals surface area contributed by atoms with E-state index in [2.05, 4.69) is 26.1 Å². The predicted molar refractivity (Wildman–Crippen MR) is 156 cm³/mol. The van der Waals surface area contributed by atoms with Crippen molar-refractivity contribution in [3.8, 4) is 0 Å². The molecule has 0 bridgehead atoms. The Morgan fingerprint density at radius 3 is 1.89 bits per heavy atom. The number of carbonyl (C=O) groups excluding carboxylic acids is 2. The topological polar surface area (TPSA) is 86.8 Å². The quantitative estimate of drug-likeness (QED) is 0.405. The van der Waals surface area contributed by atoms with Gasteiger partial charge in [-0.05, 0) is 62.4 Å². The molecule has 0 saturated carbocycles. The molecule has 2 aromatic carbocycles. The minimum atomic E-state index is -3.83. The van der Waals surface area contributed by atoms with Crippen LogP contribution in [0.2, 0.25) is 10.0 Å². The first kappa shape index (κ1) is 31.9. The number of nitrogens with one attached hydrogen (secondary N) is 1. The molecule has 7 nitrogen and oxygen atoms in total. The van der Waals surface area contributed by atoms with Gasteiger partial charge >= 0.3 is 0 Å². The van der Waals surface area contributed by atoms with Crippen LogP contribution in [0.1, 0.15) is 66.0 Å². The van der Waals surface area contributed by atoms with E-state index >= 15 is 0 Å². The molecule has 0 fully saturated rings. The standard InChI is InChI=1S/C28H39Cl2N3O4S/c1-9-24(26(35)31-28(5,6)7)32(17-21-22(29)11-10-12-23(21)30)25(34)18-33(38(8,36)37)20-15-13-19(14-16-20)27(2,3)4/h10-16,24H,9,17-18H2,1-8H3,(H,31,35). The fourth-order valence-corrected chi connectivity index (χ4v) is 5.33. The van der Waals surface area contributed by atoms with Gasteiger partial charge in [-0.2, -0.15) is 0 Å². The molecule has 1 N–H and O–H groups in total. The molecule has 210 valence electrons. The fraction of sp³-hybridized carbons (Fsp3) is 0.500. The number of amides is 2. The Hall–Kier alpha value is -2.29. The molecular formula is C28H39Cl2N3O4S. The predicted octanol–water partition coefficient (Wildman–Crippen LogP) is 5.78. The maximum Gasteiger partial charge on any atom is 0.244 e. The minimum Gasteiger partial charge on any atom is -0.350 e. The lowest BCUT2D eigenvalue weighted by molar-refractivity contribution is -0.141. The number of sulfonamides is 1. The first-order valence-electron chi connectivity index (χ1n) is 12.5. The summed E-state index contributed by atoms with van der Waals surface area (Å²) in [5.41, 5.74) is 1.21. The van der Waals surface area contributed by atoms with E-state index in [9.17, 15) is 18.0 Å². The van der Waals surface area contributed by atoms with E-state index < -0.39 is 34.1 Å². The second kappa shape index (κ2) is 12.3. The molecule has 0 spiro atoms. The van der Waals surface area contributed by atoms with Gasteiger partial charge < -0.3 is 10.2 Å². The van der Waals surface area contributed by atoms with Crippen LogP contribution in [0.25, 0.3) is 0 Å². The van der Waals surface area contributed by atoms with Crippen LogP contribution in [0.15, 0.2) is 42.5 Å². The van der Waals surface area contributed by atoms with Crippen LogP contribution in [0, 0.1) is 0 Å². The fourth-order valence-electron chi connectivity index (χ4n) is 3.97. The first-order chi connectivity index (χ1) is 17.3. The van der Waals surface area contributed by atoms with Crippen LogP contribution in [0.5, 0.6) is 0 Å². The van der Waals surface area contributed by atoms with Crippen molar-refractivity contribution in [3.63, 3.8) is 0 Å². The van der Waals surface area contributed by atoms with Gasteiger partial charge in [0.05, 0.1) is 11.9 Å². The molecule has 2 amide bonds. The number of halogens is 2. The second-order valence-electron chi connectivity index (χ2n) is 11.5. The maximum absolute atomic E-state index is 13.9. The highest BCUT2D eigenvalue weighted by atomic mass is 35.5. The summed E-state index contributed by atoms with van der Waals surface area (Å²) < 4.78 is 26.7. The Morgan fingerprint density at radius 2 is 1.47 bits per heavy atom. The van der Waals surface area contributed by atoms with E-state index in [1.807, 2.05) is 32.9 Å². The van der Waals surface area contributed by atoms with E-state index in [0.717, 1.165) is 16.1 Å². The Labute approximate surface area is 237 Å². The lowest BCUT2D eigenvalue weighted by Gasteiger charge is -2.35. The Morgan fingerprint density at radius 1 is 0.947 bits per heavy atom. The van der Waals surface area contributed by atoms with Gasteiger partial charge in [0.15, 0.2) is 0 Å². The van der Waals surface area contributed by atoms with Crippen molar-refractivity contribution in [3.05, 3.63) is 63.6 Å². The third-order valence-corrected chi connectivity index (χ3v) is 7.82. The van der Waals surface area contributed by atoms with Crippen molar-refractivity contribution in [1.82, 2.24) is 10.2 Å². The minimum absolute atomic E-state index is 0.0615. The molecule has 10 heteroatoms. The molecule has 0 aliphatic rings. The molecule has 0 radical (unpaired) electrons. The summed E-state index contributed by atoms with van der Waals surface area (Å²) in [6.45, 7) is 13.0. The normalized spacial score (nSPS) is 13.1. The molecule has 1 unspecified atom stereocenters. The molecule has 1 atom stereocenters. The molecule has 0 aliphatic heterocycles. The SMILES string of the molecule is CCC(C(=O)NC(C)(C)C)N(Cc1c(Cl)cccc1Cl)C(=O)CN(c1ccc(C(C)(C)C)cc1)S(C)(=O)=O. The highest BCUT2D eigenvalue weighted by Gasteiger charge is 2.33. The van der Waals surface area contributed by atoms with E-state index in [0.29, 0.717) is 27.7 Å². The summed E-state index contributed by atoms with van der Waals surface area (Å²) in [5, 5.41) is 3.62. The smallest absolute Gasteiger partial charge is 0.244 e. The summed E-state index contributed by atoms with van der Waals surface area (Å²) in [4.78, 5) is 28.5. The van der Waals surface area contributed by atoms with Gasteiger partial charge in [0.1, 0.15) is 12.6 Å². The second-order valence-corrected chi connectivity index (χ2v) is 14.2. The van der Waals surface area contributed by atoms with Crippen molar-refractivity contribution < 1.29 is 18.0 Å². The van der Waals surface area contributed by atoms with Gasteiger partial charge in [0.25, 0.3) is 0 Å². The summed E-state index contributed by atoms with van der Waals surface area (Å²) in [6, 6.07) is 11.2. The Balaban J connectivity index is 2.53. The zero-order valence-electron chi connectivity index (χ0n) is 23.4. The summed E-state index contributed by atoms with van der Waals surface area (Å²) in [5.74, 6) is -0.904. The lowest BCUT2D eigenvalue weighted by atomic mass is 9.87. The molecule has 38 heavy (non-hydrogen) atoms. The Bertz CT molecular complexity index is 1230. The molecule has 0 heterocycles. The average molecular weight is 585 g/mol. The number of rotatable bonds is 9. The monoisotopic (exact) mass is 583 g/mol. The van der Waals surface area contributed by atoms with E-state index in [1.165, 1.54) is 4.90 Å². The number of nitrogens with zero attached hydrogens (tertiary/aromatic N) is 2. The van der Waals surface area contributed by atoms with Crippen LogP contribution < -0.4 is 9.62 Å². The van der Waals surface area contributed by atoms with Gasteiger partial charge in [-0.1, -0.05) is 69.1 Å². The van der Waals surface area contributed by atoms with Crippen molar-refractivity contribution in [2.75, 3.05) is 17.1 Å². The van der Waals surface area contributed by atoms with Gasteiger partial charge in [-0.3, -0.25) is 13.9 Å². The van der Waals surface area contributed by atoms with Crippen LogP contribution in [0.4, 0.5) is 5.69 Å². The zero-order valence-corrected chi connectivity index (χ0v) is 25.8. The third kappa shape index (κ3) is 8.61. The highest BCUT2D eigenvalue weighted by Crippen LogP contribution is 2.29. The summed E-state index contributed by atoms with van der Waals surface area (Å²) in [6.07, 6.45) is 1.35. The van der Waals surface area contributed by atoms with Gasteiger partial charge in [0, 0.05) is 27.7 Å². The number of hydrogen-bond acceptors (Lipinski definition) is 4. The highest BCUT2D eigenvalue weighted by molar-refractivity contribution is 7.92. The molecule has 0 saturated heterocycles. The molecule has 0 aliphatic carbocycles. The largest absolute Gasteiger partial charge is 0.350 e. The van der Waals surface area contributed by atoms with Gasteiger partial charge in [0.2, 0.25) is 21.8 Å². The molecule has 2 aromatic rings. The van der Waals surface area contributed by atoms with E-state index in [1.54, 1.807) is 37.3 Å². The number of carbonyl (C=O) groups is 2. The number of hydrogen-bond donors (Lipinski definition) is 1. The maximum atomic E-state index is 13.9. The molecule has 2 rings (SSSR count). The van der Waals surface area contributed by atoms with E-state index in [4.69, 9.17) is 23.2 Å². The van der Waals surface area contributed by atoms with Gasteiger partial charge in [-0.15, -0.1) is 0 Å². The first-order valence-corrected chi connectivity index (χ1v) is 15.1. The lowest BCUT2D eigenvalue weighted by Crippen LogP contribution is -2.55. The van der Waals surface area contributed by atoms with Crippen molar-refractivity contribution in [2.24, 2.45) is 0 Å². The molecular weight excluding hydrogens is 545 g/mol. The third-order valence-electron chi connectivity index (χ3n) is 5.97. The van der Waals surface area contributed by atoms with Crippen LogP contribution >= 0.6 is 23.2 Å². The van der Waals surface area contributed by atoms with Crippen molar-refractivity contribution in [1.29, 1.82) is 0 Å². The van der Waals surface area contributed by atoms with Crippen LogP contribution in [-0.4, -0.2) is 49.5 Å². The van der Waals surface area contributed by atoms with Crippen LogP contribution in [0.3, 0.4) is 0 Å². The Kier molecular flexibility index (Phi) is 10.3. The van der Waals surface area contributed by atoms with E-state index in [-0.39, 0.29) is 17.9 Å². The number of anilines is 1. The number of benzene rings is 2. The van der Waals surface area contributed by atoms with Crippen molar-refractivity contribution >= 4 is 50.7 Å².